The molecule has 0 spiro atoms. The third kappa shape index (κ3) is 3.16. The van der Waals surface area contributed by atoms with Crippen molar-refractivity contribution in [2.24, 2.45) is 16.5 Å². The number of carbonyl (C=O) groups excluding carboxylic acids is 1. The third-order valence-electron chi connectivity index (χ3n) is 3.64. The molecule has 1 amide bonds. The van der Waals surface area contributed by atoms with Gasteiger partial charge >= 0.3 is 0 Å². The van der Waals surface area contributed by atoms with E-state index in [-0.39, 0.29) is 16.7 Å². The first-order valence-electron chi connectivity index (χ1n) is 7.18. The maximum atomic E-state index is 14.2. The summed E-state index contributed by atoms with van der Waals surface area (Å²) in [6.07, 6.45) is 0. The van der Waals surface area contributed by atoms with Crippen molar-refractivity contribution in [2.45, 2.75) is 0 Å². The van der Waals surface area contributed by atoms with Crippen LogP contribution in [-0.4, -0.2) is 11.9 Å². The summed E-state index contributed by atoms with van der Waals surface area (Å²) in [6.45, 7) is 0. The molecule has 3 aromatic rings. The first-order chi connectivity index (χ1) is 11.9. The predicted molar refractivity (Wildman–Crippen MR) is 89.4 cm³/mol. The van der Waals surface area contributed by atoms with Crippen molar-refractivity contribution in [3.63, 3.8) is 0 Å². The zero-order chi connectivity index (χ0) is 18.1. The minimum atomic E-state index is -1.04. The topological polar surface area (TPSA) is 81.5 Å². The van der Waals surface area contributed by atoms with Crippen molar-refractivity contribution < 1.29 is 18.0 Å². The molecule has 0 aliphatic heterocycles. The standard InChI is InChI=1S/C18H12F3N3O/c19-11-7-14(20)16(15(21)8-11)12-3-1-2-9-4-5-10(6-13(9)12)17(25)24-18(22)23/h1-8H,(H4,22,23,24,25). The molecule has 0 saturated heterocycles. The van der Waals surface area contributed by atoms with Gasteiger partial charge < -0.3 is 11.5 Å². The number of halogens is 3. The number of amides is 1. The number of rotatable bonds is 2. The molecule has 0 aliphatic carbocycles. The Morgan fingerprint density at radius 3 is 2.24 bits per heavy atom. The van der Waals surface area contributed by atoms with Crippen LogP contribution in [0.1, 0.15) is 10.4 Å². The highest BCUT2D eigenvalue weighted by Gasteiger charge is 2.17. The Morgan fingerprint density at radius 1 is 0.920 bits per heavy atom. The minimum absolute atomic E-state index is 0.149. The Bertz CT molecular complexity index is 1000. The van der Waals surface area contributed by atoms with Gasteiger partial charge in [-0.3, -0.25) is 4.79 Å². The molecule has 0 heterocycles. The van der Waals surface area contributed by atoms with Crippen molar-refractivity contribution in [1.82, 2.24) is 0 Å². The number of aliphatic imine (C=N–C) groups is 1. The van der Waals surface area contributed by atoms with E-state index >= 15 is 0 Å². The summed E-state index contributed by atoms with van der Waals surface area (Å²) in [6, 6.07) is 10.5. The average Bonchev–Trinajstić information content (AvgIpc) is 2.53. The molecule has 0 aromatic heterocycles. The Kier molecular flexibility index (Phi) is 4.14. The van der Waals surface area contributed by atoms with Crippen LogP contribution < -0.4 is 11.5 Å². The lowest BCUT2D eigenvalue weighted by Gasteiger charge is -2.10. The second-order valence-corrected chi connectivity index (χ2v) is 5.33. The van der Waals surface area contributed by atoms with Crippen LogP contribution in [0.4, 0.5) is 13.2 Å². The van der Waals surface area contributed by atoms with Gasteiger partial charge in [0.15, 0.2) is 5.96 Å². The fourth-order valence-corrected chi connectivity index (χ4v) is 2.60. The summed E-state index contributed by atoms with van der Waals surface area (Å²) >= 11 is 0. The first-order valence-corrected chi connectivity index (χ1v) is 7.18. The van der Waals surface area contributed by atoms with Crippen LogP contribution in [0.5, 0.6) is 0 Å². The van der Waals surface area contributed by atoms with Gasteiger partial charge in [-0.2, -0.15) is 4.99 Å². The Morgan fingerprint density at radius 2 is 1.60 bits per heavy atom. The summed E-state index contributed by atoms with van der Waals surface area (Å²) in [7, 11) is 0. The van der Waals surface area contributed by atoms with E-state index in [0.29, 0.717) is 22.9 Å². The van der Waals surface area contributed by atoms with Gasteiger partial charge in [0.25, 0.3) is 5.91 Å². The lowest BCUT2D eigenvalue weighted by molar-refractivity contribution is 0.100. The summed E-state index contributed by atoms with van der Waals surface area (Å²) in [4.78, 5) is 15.4. The van der Waals surface area contributed by atoms with Crippen molar-refractivity contribution in [1.29, 1.82) is 0 Å². The molecule has 126 valence electrons. The van der Waals surface area contributed by atoms with Crippen LogP contribution in [0, 0.1) is 17.5 Å². The van der Waals surface area contributed by atoms with Crippen LogP contribution in [0.3, 0.4) is 0 Å². The highest BCUT2D eigenvalue weighted by atomic mass is 19.1. The van der Waals surface area contributed by atoms with E-state index in [1.54, 1.807) is 18.2 Å². The lowest BCUT2D eigenvalue weighted by atomic mass is 9.96. The normalized spacial score (nSPS) is 10.7. The average molecular weight is 343 g/mol. The van der Waals surface area contributed by atoms with E-state index in [4.69, 9.17) is 11.5 Å². The number of hydrogen-bond acceptors (Lipinski definition) is 1. The number of benzene rings is 3. The first kappa shape index (κ1) is 16.5. The van der Waals surface area contributed by atoms with Gasteiger partial charge in [-0.1, -0.05) is 24.3 Å². The SMILES string of the molecule is NC(N)=NC(=O)c1ccc2cccc(-c3c(F)cc(F)cc3F)c2c1. The van der Waals surface area contributed by atoms with Gasteiger partial charge in [-0.25, -0.2) is 13.2 Å². The number of nitrogens with zero attached hydrogens (tertiary/aromatic N) is 1. The Balaban J connectivity index is 2.27. The summed E-state index contributed by atoms with van der Waals surface area (Å²) in [5.74, 6) is -4.16. The molecule has 4 N–H and O–H groups in total. The van der Waals surface area contributed by atoms with E-state index in [2.05, 4.69) is 4.99 Å². The van der Waals surface area contributed by atoms with E-state index in [1.165, 1.54) is 18.2 Å². The van der Waals surface area contributed by atoms with E-state index in [9.17, 15) is 18.0 Å². The zero-order valence-corrected chi connectivity index (χ0v) is 12.8. The molecular weight excluding hydrogens is 331 g/mol. The van der Waals surface area contributed by atoms with Gasteiger partial charge in [0.1, 0.15) is 17.5 Å². The van der Waals surface area contributed by atoms with Crippen molar-refractivity contribution in [3.05, 3.63) is 71.5 Å². The molecule has 3 aromatic carbocycles. The molecule has 3 rings (SSSR count). The number of nitrogens with two attached hydrogens (primary N) is 2. The van der Waals surface area contributed by atoms with Crippen molar-refractivity contribution >= 4 is 22.6 Å². The smallest absolute Gasteiger partial charge is 0.280 e. The van der Waals surface area contributed by atoms with Crippen molar-refractivity contribution in [3.8, 4) is 11.1 Å². The number of hydrogen-bond donors (Lipinski definition) is 2. The van der Waals surface area contributed by atoms with Crippen molar-refractivity contribution in [2.75, 3.05) is 0 Å². The molecule has 25 heavy (non-hydrogen) atoms. The summed E-state index contributed by atoms with van der Waals surface area (Å²) in [5.41, 5.74) is 10.3. The van der Waals surface area contributed by atoms with Crippen LogP contribution in [0.2, 0.25) is 0 Å². The van der Waals surface area contributed by atoms with Crippen LogP contribution in [0.15, 0.2) is 53.5 Å². The zero-order valence-electron chi connectivity index (χ0n) is 12.8. The third-order valence-corrected chi connectivity index (χ3v) is 3.64. The van der Waals surface area contributed by atoms with Gasteiger partial charge in [0, 0.05) is 17.7 Å². The second kappa shape index (κ2) is 6.27. The highest BCUT2D eigenvalue weighted by molar-refractivity contribution is 6.06. The summed E-state index contributed by atoms with van der Waals surface area (Å²) in [5, 5.41) is 1.05. The maximum absolute atomic E-state index is 14.2. The van der Waals surface area contributed by atoms with Gasteiger partial charge in [-0.15, -0.1) is 0 Å². The maximum Gasteiger partial charge on any atom is 0.280 e. The van der Waals surface area contributed by atoms with E-state index < -0.39 is 29.3 Å². The molecule has 0 unspecified atom stereocenters. The number of carbonyl (C=O) groups is 1. The largest absolute Gasteiger partial charge is 0.370 e. The van der Waals surface area contributed by atoms with E-state index in [1.807, 2.05) is 0 Å². The fourth-order valence-electron chi connectivity index (χ4n) is 2.60. The lowest BCUT2D eigenvalue weighted by Crippen LogP contribution is -2.24. The van der Waals surface area contributed by atoms with Gasteiger partial charge in [0.05, 0.1) is 5.56 Å². The molecular formula is C18H12F3N3O. The molecule has 0 atom stereocenters. The Hall–Kier alpha value is -3.35. The molecule has 0 fully saturated rings. The molecule has 4 nitrogen and oxygen atoms in total. The Labute approximate surface area is 140 Å². The molecule has 0 aliphatic rings. The minimum Gasteiger partial charge on any atom is -0.370 e. The molecule has 0 radical (unpaired) electrons. The van der Waals surface area contributed by atoms with Crippen LogP contribution in [-0.2, 0) is 0 Å². The van der Waals surface area contributed by atoms with Gasteiger partial charge in [-0.05, 0) is 28.5 Å². The predicted octanol–water partition coefficient (Wildman–Crippen LogP) is 3.34. The van der Waals surface area contributed by atoms with E-state index in [0.717, 1.165) is 0 Å². The second-order valence-electron chi connectivity index (χ2n) is 5.33. The highest BCUT2D eigenvalue weighted by Crippen LogP contribution is 2.33. The summed E-state index contributed by atoms with van der Waals surface area (Å²) < 4.78 is 41.5. The molecule has 0 bridgehead atoms. The fraction of sp³-hybridized carbons (Fsp3) is 0. The van der Waals surface area contributed by atoms with Crippen LogP contribution >= 0.6 is 0 Å². The number of fused-ring (bicyclic) bond motifs is 1. The number of guanidine groups is 1. The van der Waals surface area contributed by atoms with Gasteiger partial charge in [0.2, 0.25) is 0 Å². The van der Waals surface area contributed by atoms with Crippen LogP contribution in [0.25, 0.3) is 21.9 Å². The quantitative estimate of drug-likeness (QED) is 0.553. The molecule has 0 saturated carbocycles. The monoisotopic (exact) mass is 343 g/mol. The molecule has 7 heteroatoms.